The third-order valence-corrected chi connectivity index (χ3v) is 5.49. The molecular formula is C23H31FN4O3. The van der Waals surface area contributed by atoms with Crippen molar-refractivity contribution in [3.8, 4) is 0 Å². The molecule has 0 bridgehead atoms. The average molecular weight is 431 g/mol. The zero-order chi connectivity index (χ0) is 22.2. The van der Waals surface area contributed by atoms with Crippen molar-refractivity contribution >= 4 is 17.5 Å². The van der Waals surface area contributed by atoms with Crippen LogP contribution in [0.5, 0.6) is 0 Å². The number of piperazine rings is 1. The lowest BCUT2D eigenvalue weighted by Gasteiger charge is -2.39. The van der Waals surface area contributed by atoms with Gasteiger partial charge in [-0.1, -0.05) is 13.8 Å². The van der Waals surface area contributed by atoms with E-state index in [-0.39, 0.29) is 18.4 Å². The fraction of sp³-hybridized carbons (Fsp3) is 0.478. The molecule has 1 saturated heterocycles. The van der Waals surface area contributed by atoms with Gasteiger partial charge in [0.1, 0.15) is 11.6 Å². The number of amides is 2. The van der Waals surface area contributed by atoms with E-state index >= 15 is 0 Å². The summed E-state index contributed by atoms with van der Waals surface area (Å²) in [7, 11) is 0. The maximum atomic E-state index is 13.2. The topological polar surface area (TPSA) is 77.8 Å². The zero-order valence-corrected chi connectivity index (χ0v) is 18.1. The highest BCUT2D eigenvalue weighted by Crippen LogP contribution is 2.24. The van der Waals surface area contributed by atoms with Crippen molar-refractivity contribution in [2.45, 2.75) is 26.3 Å². The lowest BCUT2D eigenvalue weighted by atomic mass is 10.1. The van der Waals surface area contributed by atoms with E-state index in [1.807, 2.05) is 12.1 Å². The minimum atomic E-state index is -0.634. The number of carbonyl (C=O) groups is 2. The van der Waals surface area contributed by atoms with Gasteiger partial charge in [0.15, 0.2) is 0 Å². The van der Waals surface area contributed by atoms with Crippen LogP contribution >= 0.6 is 0 Å². The molecule has 0 aliphatic carbocycles. The first kappa shape index (κ1) is 22.8. The monoisotopic (exact) mass is 430 g/mol. The Hall–Kier alpha value is -2.87. The predicted octanol–water partition coefficient (Wildman–Crippen LogP) is 2.56. The van der Waals surface area contributed by atoms with Gasteiger partial charge in [0, 0.05) is 45.0 Å². The Balaban J connectivity index is 1.55. The van der Waals surface area contributed by atoms with Crippen molar-refractivity contribution in [1.82, 2.24) is 15.5 Å². The Kier molecular flexibility index (Phi) is 8.06. The first-order valence-corrected chi connectivity index (χ1v) is 10.8. The standard InChI is InChI=1S/C23H31FN4O3/c1-17(2)9-10-25-22(29)23(30)26-16-20(21-4-3-15-31-21)28-13-11-27(12-14-28)19-7-5-18(24)6-8-19/h3-8,15,17,20H,9-14,16H2,1-2H3,(H,25,29)(H,26,30)/t20-/m1/s1. The number of nitrogens with one attached hydrogen (secondary N) is 2. The number of halogens is 1. The van der Waals surface area contributed by atoms with Gasteiger partial charge in [0.2, 0.25) is 0 Å². The maximum absolute atomic E-state index is 13.2. The second kappa shape index (κ2) is 10.9. The molecule has 8 heteroatoms. The van der Waals surface area contributed by atoms with E-state index < -0.39 is 11.8 Å². The fourth-order valence-corrected chi connectivity index (χ4v) is 3.66. The maximum Gasteiger partial charge on any atom is 0.309 e. The van der Waals surface area contributed by atoms with Crippen LogP contribution in [0.25, 0.3) is 0 Å². The molecule has 2 heterocycles. The van der Waals surface area contributed by atoms with Crippen LogP contribution in [0, 0.1) is 11.7 Å². The number of hydrogen-bond acceptors (Lipinski definition) is 5. The van der Waals surface area contributed by atoms with Crippen LogP contribution in [-0.4, -0.2) is 56.0 Å². The van der Waals surface area contributed by atoms with E-state index in [1.165, 1.54) is 12.1 Å². The first-order valence-electron chi connectivity index (χ1n) is 10.8. The van der Waals surface area contributed by atoms with Crippen molar-refractivity contribution in [2.75, 3.05) is 44.2 Å². The minimum absolute atomic E-state index is 0.169. The summed E-state index contributed by atoms with van der Waals surface area (Å²) in [4.78, 5) is 28.7. The quantitative estimate of drug-likeness (QED) is 0.630. The average Bonchev–Trinajstić information content (AvgIpc) is 3.29. The smallest absolute Gasteiger partial charge is 0.309 e. The molecule has 1 aliphatic heterocycles. The molecule has 1 fully saturated rings. The van der Waals surface area contributed by atoms with E-state index in [0.29, 0.717) is 12.5 Å². The van der Waals surface area contributed by atoms with Gasteiger partial charge in [0.05, 0.1) is 12.3 Å². The van der Waals surface area contributed by atoms with Gasteiger partial charge in [-0.25, -0.2) is 4.39 Å². The summed E-state index contributed by atoms with van der Waals surface area (Å²) in [5.74, 6) is -0.287. The Morgan fingerprint density at radius 1 is 1.03 bits per heavy atom. The highest BCUT2D eigenvalue weighted by molar-refractivity contribution is 6.35. The van der Waals surface area contributed by atoms with Crippen LogP contribution < -0.4 is 15.5 Å². The molecule has 2 amide bonds. The molecule has 2 N–H and O–H groups in total. The molecule has 2 aromatic rings. The van der Waals surface area contributed by atoms with Gasteiger partial charge < -0.3 is 20.0 Å². The summed E-state index contributed by atoms with van der Waals surface area (Å²) in [6.45, 7) is 7.93. The molecule has 1 aliphatic rings. The van der Waals surface area contributed by atoms with Crippen molar-refractivity contribution in [1.29, 1.82) is 0 Å². The lowest BCUT2D eigenvalue weighted by Crippen LogP contribution is -2.50. The van der Waals surface area contributed by atoms with Crippen LogP contribution in [0.2, 0.25) is 0 Å². The summed E-state index contributed by atoms with van der Waals surface area (Å²) in [6, 6.07) is 10.0. The molecular weight excluding hydrogens is 399 g/mol. The highest BCUT2D eigenvalue weighted by Gasteiger charge is 2.28. The van der Waals surface area contributed by atoms with E-state index in [1.54, 1.807) is 18.4 Å². The third-order valence-electron chi connectivity index (χ3n) is 5.49. The minimum Gasteiger partial charge on any atom is -0.468 e. The Morgan fingerprint density at radius 3 is 2.32 bits per heavy atom. The molecule has 7 nitrogen and oxygen atoms in total. The molecule has 168 valence electrons. The third kappa shape index (κ3) is 6.55. The normalized spacial score (nSPS) is 15.7. The van der Waals surface area contributed by atoms with Crippen LogP contribution in [0.4, 0.5) is 10.1 Å². The van der Waals surface area contributed by atoms with Gasteiger partial charge in [-0.05, 0) is 48.7 Å². The summed E-state index contributed by atoms with van der Waals surface area (Å²) in [5.41, 5.74) is 0.988. The molecule has 0 unspecified atom stereocenters. The summed E-state index contributed by atoms with van der Waals surface area (Å²) < 4.78 is 18.8. The summed E-state index contributed by atoms with van der Waals surface area (Å²) in [5, 5.41) is 5.41. The van der Waals surface area contributed by atoms with Crippen LogP contribution in [-0.2, 0) is 9.59 Å². The van der Waals surface area contributed by atoms with Gasteiger partial charge in [-0.3, -0.25) is 14.5 Å². The summed E-state index contributed by atoms with van der Waals surface area (Å²) >= 11 is 0. The van der Waals surface area contributed by atoms with Crippen LogP contribution in [0.1, 0.15) is 32.1 Å². The Morgan fingerprint density at radius 2 is 1.71 bits per heavy atom. The van der Waals surface area contributed by atoms with E-state index in [0.717, 1.165) is 44.0 Å². The number of rotatable bonds is 8. The molecule has 1 aromatic heterocycles. The largest absolute Gasteiger partial charge is 0.468 e. The van der Waals surface area contributed by atoms with Crippen molar-refractivity contribution < 1.29 is 18.4 Å². The number of nitrogens with zero attached hydrogens (tertiary/aromatic N) is 2. The highest BCUT2D eigenvalue weighted by atomic mass is 19.1. The number of hydrogen-bond donors (Lipinski definition) is 2. The van der Waals surface area contributed by atoms with Crippen molar-refractivity contribution in [2.24, 2.45) is 5.92 Å². The molecule has 3 rings (SSSR count). The van der Waals surface area contributed by atoms with Crippen LogP contribution in [0.15, 0.2) is 47.1 Å². The zero-order valence-electron chi connectivity index (χ0n) is 18.1. The second-order valence-electron chi connectivity index (χ2n) is 8.18. The second-order valence-corrected chi connectivity index (χ2v) is 8.18. The fourth-order valence-electron chi connectivity index (χ4n) is 3.66. The lowest BCUT2D eigenvalue weighted by molar-refractivity contribution is -0.139. The Bertz CT molecular complexity index is 831. The molecule has 1 atom stereocenters. The van der Waals surface area contributed by atoms with Gasteiger partial charge >= 0.3 is 11.8 Å². The number of anilines is 1. The van der Waals surface area contributed by atoms with Gasteiger partial charge in [-0.2, -0.15) is 0 Å². The van der Waals surface area contributed by atoms with Crippen LogP contribution in [0.3, 0.4) is 0 Å². The van der Waals surface area contributed by atoms with Gasteiger partial charge in [-0.15, -0.1) is 0 Å². The summed E-state index contributed by atoms with van der Waals surface area (Å²) in [6.07, 6.45) is 2.43. The molecule has 0 saturated carbocycles. The molecule has 0 spiro atoms. The van der Waals surface area contributed by atoms with Crippen molar-refractivity contribution in [3.05, 3.63) is 54.2 Å². The number of benzene rings is 1. The SMILES string of the molecule is CC(C)CCNC(=O)C(=O)NC[C@H](c1ccco1)N1CCN(c2ccc(F)cc2)CC1. The number of furan rings is 1. The molecule has 1 aromatic carbocycles. The molecule has 31 heavy (non-hydrogen) atoms. The van der Waals surface area contributed by atoms with Gasteiger partial charge in [0.25, 0.3) is 0 Å². The Labute approximate surface area is 182 Å². The number of carbonyl (C=O) groups excluding carboxylic acids is 2. The molecule has 0 radical (unpaired) electrons. The van der Waals surface area contributed by atoms with Crippen molar-refractivity contribution in [3.63, 3.8) is 0 Å². The van der Waals surface area contributed by atoms with E-state index in [2.05, 4.69) is 34.3 Å². The predicted molar refractivity (Wildman–Crippen MR) is 117 cm³/mol. The van der Waals surface area contributed by atoms with E-state index in [4.69, 9.17) is 4.42 Å². The first-order chi connectivity index (χ1) is 14.9. The van der Waals surface area contributed by atoms with E-state index in [9.17, 15) is 14.0 Å².